The first kappa shape index (κ1) is 19.6. The van der Waals surface area contributed by atoms with Gasteiger partial charge in [-0.2, -0.15) is 0 Å². The molecule has 3 aromatic rings. The predicted molar refractivity (Wildman–Crippen MR) is 111 cm³/mol. The quantitative estimate of drug-likeness (QED) is 0.663. The molecule has 7 heteroatoms. The molecule has 3 aromatic carbocycles. The molecule has 0 saturated heterocycles. The maximum atomic E-state index is 12.5. The third-order valence-corrected chi connectivity index (χ3v) is 5.89. The predicted octanol–water partition coefficient (Wildman–Crippen LogP) is 3.93. The van der Waals surface area contributed by atoms with Gasteiger partial charge in [0.1, 0.15) is 0 Å². The zero-order chi connectivity index (χ0) is 20.1. The van der Waals surface area contributed by atoms with Crippen LogP contribution in [0.3, 0.4) is 0 Å². The van der Waals surface area contributed by atoms with Gasteiger partial charge < -0.3 is 10.6 Å². The molecule has 0 fully saturated rings. The summed E-state index contributed by atoms with van der Waals surface area (Å²) in [4.78, 5) is 12.6. The second kappa shape index (κ2) is 8.24. The van der Waals surface area contributed by atoms with Crippen molar-refractivity contribution in [2.75, 3.05) is 24.7 Å². The van der Waals surface area contributed by atoms with Crippen LogP contribution in [0.1, 0.15) is 10.4 Å². The van der Waals surface area contributed by atoms with Gasteiger partial charge in [0.05, 0.1) is 4.90 Å². The molecule has 0 atom stereocenters. The van der Waals surface area contributed by atoms with Crippen molar-refractivity contribution in [1.29, 1.82) is 0 Å². The molecular formula is C21H21N3O3S. The lowest BCUT2D eigenvalue weighted by molar-refractivity contribution is 0.102. The molecule has 0 aliphatic carbocycles. The highest BCUT2D eigenvalue weighted by Crippen LogP contribution is 2.20. The fraction of sp³-hybridized carbons (Fsp3) is 0.0952. The van der Waals surface area contributed by atoms with Crippen LogP contribution in [-0.2, 0) is 10.0 Å². The van der Waals surface area contributed by atoms with Gasteiger partial charge in [-0.25, -0.2) is 12.7 Å². The van der Waals surface area contributed by atoms with Crippen LogP contribution in [0.4, 0.5) is 17.1 Å². The first-order valence-corrected chi connectivity index (χ1v) is 10.1. The van der Waals surface area contributed by atoms with E-state index in [-0.39, 0.29) is 16.4 Å². The van der Waals surface area contributed by atoms with Gasteiger partial charge in [-0.05, 0) is 54.6 Å². The summed E-state index contributed by atoms with van der Waals surface area (Å²) < 4.78 is 25.6. The first-order chi connectivity index (χ1) is 13.4. The Balaban J connectivity index is 1.71. The Hall–Kier alpha value is -3.16. The molecule has 1 amide bonds. The maximum Gasteiger partial charge on any atom is 0.255 e. The number of para-hydroxylation sites is 1. The van der Waals surface area contributed by atoms with Crippen LogP contribution in [0.2, 0.25) is 0 Å². The second-order valence-corrected chi connectivity index (χ2v) is 8.49. The fourth-order valence-corrected chi connectivity index (χ4v) is 3.48. The van der Waals surface area contributed by atoms with Crippen LogP contribution in [0.5, 0.6) is 0 Å². The summed E-state index contributed by atoms with van der Waals surface area (Å²) in [5.41, 5.74) is 2.75. The molecule has 0 aliphatic rings. The lowest BCUT2D eigenvalue weighted by Gasteiger charge is -2.12. The van der Waals surface area contributed by atoms with Crippen LogP contribution in [0.15, 0.2) is 83.8 Å². The number of carbonyl (C=O) groups excluding carboxylic acids is 1. The van der Waals surface area contributed by atoms with Crippen molar-refractivity contribution in [3.05, 3.63) is 84.4 Å². The number of benzene rings is 3. The van der Waals surface area contributed by atoms with Crippen molar-refractivity contribution in [3.8, 4) is 0 Å². The van der Waals surface area contributed by atoms with Crippen LogP contribution < -0.4 is 10.6 Å². The number of nitrogens with zero attached hydrogens (tertiary/aromatic N) is 1. The summed E-state index contributed by atoms with van der Waals surface area (Å²) >= 11 is 0. The maximum absolute atomic E-state index is 12.5. The third kappa shape index (κ3) is 4.57. The molecule has 0 aliphatic heterocycles. The van der Waals surface area contributed by atoms with Crippen molar-refractivity contribution in [3.63, 3.8) is 0 Å². The highest BCUT2D eigenvalue weighted by Gasteiger charge is 2.18. The Kier molecular flexibility index (Phi) is 5.77. The van der Waals surface area contributed by atoms with Crippen LogP contribution in [0.25, 0.3) is 0 Å². The highest BCUT2D eigenvalue weighted by atomic mass is 32.2. The molecule has 144 valence electrons. The topological polar surface area (TPSA) is 78.5 Å². The smallest absolute Gasteiger partial charge is 0.255 e. The Morgan fingerprint density at radius 3 is 2.04 bits per heavy atom. The van der Waals surface area contributed by atoms with E-state index >= 15 is 0 Å². The molecule has 0 unspecified atom stereocenters. The van der Waals surface area contributed by atoms with Gasteiger partial charge in [-0.1, -0.05) is 24.3 Å². The van der Waals surface area contributed by atoms with Gasteiger partial charge in [0.25, 0.3) is 5.91 Å². The zero-order valence-corrected chi connectivity index (χ0v) is 16.4. The molecule has 3 rings (SSSR count). The largest absolute Gasteiger partial charge is 0.356 e. The van der Waals surface area contributed by atoms with E-state index in [2.05, 4.69) is 10.6 Å². The van der Waals surface area contributed by atoms with Crippen LogP contribution >= 0.6 is 0 Å². The van der Waals surface area contributed by atoms with E-state index < -0.39 is 10.0 Å². The minimum Gasteiger partial charge on any atom is -0.356 e. The highest BCUT2D eigenvalue weighted by molar-refractivity contribution is 7.89. The summed E-state index contributed by atoms with van der Waals surface area (Å²) in [6.45, 7) is 0. The van der Waals surface area contributed by atoms with Gasteiger partial charge in [0.2, 0.25) is 10.0 Å². The molecule has 28 heavy (non-hydrogen) atoms. The molecule has 0 bridgehead atoms. The summed E-state index contributed by atoms with van der Waals surface area (Å²) in [5.74, 6) is -0.375. The van der Waals surface area contributed by atoms with E-state index in [4.69, 9.17) is 0 Å². The van der Waals surface area contributed by atoms with Gasteiger partial charge in [-0.15, -0.1) is 0 Å². The third-order valence-electron chi connectivity index (χ3n) is 4.08. The second-order valence-electron chi connectivity index (χ2n) is 6.34. The van der Waals surface area contributed by atoms with Crippen molar-refractivity contribution in [2.45, 2.75) is 4.90 Å². The van der Waals surface area contributed by atoms with E-state index in [9.17, 15) is 13.2 Å². The Morgan fingerprint density at radius 1 is 0.786 bits per heavy atom. The zero-order valence-electron chi connectivity index (χ0n) is 15.6. The number of hydrogen-bond donors (Lipinski definition) is 2. The van der Waals surface area contributed by atoms with Crippen LogP contribution in [0, 0.1) is 0 Å². The molecule has 2 N–H and O–H groups in total. The molecule has 0 spiro atoms. The van der Waals surface area contributed by atoms with Gasteiger partial charge in [-0.3, -0.25) is 4.79 Å². The summed E-state index contributed by atoms with van der Waals surface area (Å²) in [6, 6.07) is 23.0. The van der Waals surface area contributed by atoms with Crippen molar-refractivity contribution in [2.24, 2.45) is 0 Å². The number of hydrogen-bond acceptors (Lipinski definition) is 4. The van der Waals surface area contributed by atoms with Crippen molar-refractivity contribution < 1.29 is 13.2 Å². The van der Waals surface area contributed by atoms with Crippen molar-refractivity contribution in [1.82, 2.24) is 4.31 Å². The van der Waals surface area contributed by atoms with E-state index in [1.807, 2.05) is 42.5 Å². The molecule has 6 nitrogen and oxygen atoms in total. The minimum atomic E-state index is -3.60. The number of rotatable bonds is 6. The fourth-order valence-electron chi connectivity index (χ4n) is 2.54. The molecule has 0 aromatic heterocycles. The Bertz CT molecular complexity index is 1060. The number of nitrogens with one attached hydrogen (secondary N) is 2. The van der Waals surface area contributed by atoms with Gasteiger partial charge in [0, 0.05) is 36.7 Å². The standard InChI is InChI=1S/C21H21N3O3S/c1-24(2)28(26,27)20-10-6-7-16(15-20)21(25)23-19-13-11-18(12-14-19)22-17-8-4-3-5-9-17/h3-15,22H,1-2H3,(H,23,25). The lowest BCUT2D eigenvalue weighted by atomic mass is 10.2. The Morgan fingerprint density at radius 2 is 1.39 bits per heavy atom. The Labute approximate surface area is 164 Å². The van der Waals surface area contributed by atoms with E-state index in [1.54, 1.807) is 24.3 Å². The van der Waals surface area contributed by atoms with Crippen LogP contribution in [-0.4, -0.2) is 32.7 Å². The normalized spacial score (nSPS) is 11.2. The average molecular weight is 395 g/mol. The monoisotopic (exact) mass is 395 g/mol. The van der Waals surface area contributed by atoms with E-state index in [1.165, 1.54) is 26.2 Å². The lowest BCUT2D eigenvalue weighted by Crippen LogP contribution is -2.22. The number of sulfonamides is 1. The number of amides is 1. The van der Waals surface area contributed by atoms with Crippen molar-refractivity contribution >= 4 is 33.0 Å². The summed E-state index contributed by atoms with van der Waals surface area (Å²) in [6.07, 6.45) is 0. The summed E-state index contributed by atoms with van der Waals surface area (Å²) in [7, 11) is -0.693. The molecule has 0 saturated carbocycles. The summed E-state index contributed by atoms with van der Waals surface area (Å²) in [5, 5.41) is 6.05. The minimum absolute atomic E-state index is 0.0764. The SMILES string of the molecule is CN(C)S(=O)(=O)c1cccc(C(=O)Nc2ccc(Nc3ccccc3)cc2)c1. The average Bonchev–Trinajstić information content (AvgIpc) is 2.70. The number of anilines is 3. The van der Waals surface area contributed by atoms with E-state index in [0.717, 1.165) is 15.7 Å². The van der Waals surface area contributed by atoms with Gasteiger partial charge in [0.15, 0.2) is 0 Å². The molecule has 0 radical (unpaired) electrons. The molecule has 0 heterocycles. The molecular weight excluding hydrogens is 374 g/mol. The van der Waals surface area contributed by atoms with Gasteiger partial charge >= 0.3 is 0 Å². The van der Waals surface area contributed by atoms with E-state index in [0.29, 0.717) is 5.69 Å². The number of carbonyl (C=O) groups is 1. The first-order valence-electron chi connectivity index (χ1n) is 8.62.